The lowest BCUT2D eigenvalue weighted by molar-refractivity contribution is 0.0831. The van der Waals surface area contributed by atoms with Crippen LogP contribution >= 0.6 is 0 Å². The largest absolute Gasteiger partial charge is 0.504 e. The molecule has 0 amide bonds. The van der Waals surface area contributed by atoms with Crippen molar-refractivity contribution in [3.63, 3.8) is 0 Å². The summed E-state index contributed by atoms with van der Waals surface area (Å²) in [6, 6.07) is 4.59. The molecular weight excluding hydrogens is 198 g/mol. The Morgan fingerprint density at radius 1 is 1.20 bits per heavy atom. The summed E-state index contributed by atoms with van der Waals surface area (Å²) in [6.45, 7) is 0.0924. The Hall–Kier alpha value is -1.88. The van der Waals surface area contributed by atoms with Gasteiger partial charge >= 0.3 is 0 Å². The van der Waals surface area contributed by atoms with Crippen molar-refractivity contribution in [2.45, 2.75) is 0 Å². The molecule has 0 aliphatic carbocycles. The highest BCUT2D eigenvalue weighted by Gasteiger charge is 2.06. The van der Waals surface area contributed by atoms with Crippen molar-refractivity contribution in [2.75, 3.05) is 13.2 Å². The van der Waals surface area contributed by atoms with Crippen LogP contribution in [-0.4, -0.2) is 33.3 Å². The highest BCUT2D eigenvalue weighted by molar-refractivity contribution is 5.83. The summed E-state index contributed by atoms with van der Waals surface area (Å²) in [5.74, 6) is -0.363. The molecule has 1 aromatic carbocycles. The van der Waals surface area contributed by atoms with Crippen molar-refractivity contribution in [3.05, 3.63) is 24.4 Å². The van der Waals surface area contributed by atoms with Crippen LogP contribution < -0.4 is 4.84 Å². The predicted octanol–water partition coefficient (Wildman–Crippen LogP) is 0.473. The third-order valence-corrected chi connectivity index (χ3v) is 2.07. The van der Waals surface area contributed by atoms with Crippen molar-refractivity contribution in [1.29, 1.82) is 0 Å². The highest BCUT2D eigenvalue weighted by Crippen LogP contribution is 2.30. The average Bonchev–Trinajstić information content (AvgIpc) is 2.59. The minimum absolute atomic E-state index is 0.0796. The van der Waals surface area contributed by atoms with Gasteiger partial charge in [0.15, 0.2) is 11.5 Å². The number of phenols is 2. The van der Waals surface area contributed by atoms with Crippen molar-refractivity contribution >= 4 is 10.9 Å². The van der Waals surface area contributed by atoms with Crippen LogP contribution in [0.15, 0.2) is 24.4 Å². The van der Waals surface area contributed by atoms with E-state index in [1.165, 1.54) is 16.9 Å². The van der Waals surface area contributed by atoms with Gasteiger partial charge in [-0.3, -0.25) is 0 Å². The van der Waals surface area contributed by atoms with E-state index >= 15 is 0 Å². The summed E-state index contributed by atoms with van der Waals surface area (Å²) < 4.78 is 1.44. The Balaban J connectivity index is 2.45. The minimum atomic E-state index is -0.199. The first-order chi connectivity index (χ1) is 7.22. The molecule has 2 rings (SSSR count). The Kier molecular flexibility index (Phi) is 2.39. The number of aliphatic hydroxyl groups excluding tert-OH is 1. The van der Waals surface area contributed by atoms with Gasteiger partial charge in [0.25, 0.3) is 0 Å². The first-order valence-corrected chi connectivity index (χ1v) is 4.49. The minimum Gasteiger partial charge on any atom is -0.504 e. The molecule has 5 heteroatoms. The predicted molar refractivity (Wildman–Crippen MR) is 53.8 cm³/mol. The average molecular weight is 209 g/mol. The second kappa shape index (κ2) is 3.70. The molecule has 3 N–H and O–H groups in total. The summed E-state index contributed by atoms with van der Waals surface area (Å²) in [6.07, 6.45) is 1.65. The van der Waals surface area contributed by atoms with Gasteiger partial charge in [0.05, 0.1) is 12.1 Å². The van der Waals surface area contributed by atoms with E-state index in [1.54, 1.807) is 12.3 Å². The maximum Gasteiger partial charge on any atom is 0.159 e. The van der Waals surface area contributed by atoms with Gasteiger partial charge in [-0.05, 0) is 12.1 Å². The smallest absolute Gasteiger partial charge is 0.159 e. The molecule has 1 heterocycles. The van der Waals surface area contributed by atoms with E-state index < -0.39 is 0 Å². The van der Waals surface area contributed by atoms with Crippen LogP contribution in [0.2, 0.25) is 0 Å². The second-order valence-electron chi connectivity index (χ2n) is 3.10. The van der Waals surface area contributed by atoms with Gasteiger partial charge < -0.3 is 20.2 Å². The number of aromatic hydroxyl groups is 2. The van der Waals surface area contributed by atoms with Crippen LogP contribution in [0.3, 0.4) is 0 Å². The molecular formula is C10H11NO4. The van der Waals surface area contributed by atoms with Crippen LogP contribution in [0.25, 0.3) is 10.9 Å². The summed E-state index contributed by atoms with van der Waals surface area (Å²) in [5.41, 5.74) is 0.638. The Bertz CT molecular complexity index is 477. The van der Waals surface area contributed by atoms with Gasteiger partial charge in [-0.25, -0.2) is 0 Å². The number of hydrogen-bond acceptors (Lipinski definition) is 4. The van der Waals surface area contributed by atoms with Crippen LogP contribution in [-0.2, 0) is 0 Å². The van der Waals surface area contributed by atoms with Crippen LogP contribution in [0.4, 0.5) is 0 Å². The maximum absolute atomic E-state index is 9.32. The number of rotatable bonds is 3. The van der Waals surface area contributed by atoms with Crippen molar-refractivity contribution in [3.8, 4) is 11.5 Å². The molecule has 0 atom stereocenters. The fourth-order valence-corrected chi connectivity index (χ4v) is 1.39. The molecule has 0 spiro atoms. The molecule has 0 aliphatic heterocycles. The maximum atomic E-state index is 9.32. The SMILES string of the molecule is OCCOn1ccc2cc(O)c(O)cc21. The van der Waals surface area contributed by atoms with Crippen LogP contribution in [0.1, 0.15) is 0 Å². The molecule has 0 fully saturated rings. The van der Waals surface area contributed by atoms with Gasteiger partial charge in [-0.2, -0.15) is 4.73 Å². The van der Waals surface area contributed by atoms with Gasteiger partial charge in [0.2, 0.25) is 0 Å². The molecule has 5 nitrogen and oxygen atoms in total. The monoisotopic (exact) mass is 209 g/mol. The van der Waals surface area contributed by atoms with E-state index in [2.05, 4.69) is 0 Å². The Morgan fingerprint density at radius 2 is 1.93 bits per heavy atom. The van der Waals surface area contributed by atoms with Crippen molar-refractivity contribution < 1.29 is 20.2 Å². The van der Waals surface area contributed by atoms with Gasteiger partial charge in [-0.15, -0.1) is 0 Å². The number of aliphatic hydroxyl groups is 1. The lowest BCUT2D eigenvalue weighted by Crippen LogP contribution is -2.13. The quantitative estimate of drug-likeness (QED) is 0.642. The number of aromatic nitrogens is 1. The fourth-order valence-electron chi connectivity index (χ4n) is 1.39. The zero-order chi connectivity index (χ0) is 10.8. The summed E-state index contributed by atoms with van der Waals surface area (Å²) in [7, 11) is 0. The zero-order valence-electron chi connectivity index (χ0n) is 7.92. The molecule has 0 radical (unpaired) electrons. The summed E-state index contributed by atoms with van der Waals surface area (Å²) in [4.78, 5) is 5.18. The molecule has 0 unspecified atom stereocenters. The van der Waals surface area contributed by atoms with E-state index in [4.69, 9.17) is 9.94 Å². The molecule has 0 aliphatic rings. The normalized spacial score (nSPS) is 10.7. The summed E-state index contributed by atoms with van der Waals surface area (Å²) in [5, 5.41) is 27.9. The standard InChI is InChI=1S/C10H11NO4/c12-3-4-15-11-2-1-7-5-9(13)10(14)6-8(7)11/h1-2,5-6,12-14H,3-4H2. The lowest BCUT2D eigenvalue weighted by atomic mass is 10.2. The molecule has 15 heavy (non-hydrogen) atoms. The lowest BCUT2D eigenvalue weighted by Gasteiger charge is -2.06. The van der Waals surface area contributed by atoms with E-state index in [0.717, 1.165) is 5.39 Å². The first-order valence-electron chi connectivity index (χ1n) is 4.49. The van der Waals surface area contributed by atoms with Crippen molar-refractivity contribution in [1.82, 2.24) is 4.73 Å². The van der Waals surface area contributed by atoms with Crippen LogP contribution in [0.5, 0.6) is 11.5 Å². The number of phenolic OH excluding ortho intramolecular Hbond substituents is 2. The topological polar surface area (TPSA) is 74.9 Å². The molecule has 1 aromatic heterocycles. The van der Waals surface area contributed by atoms with Crippen LogP contribution in [0, 0.1) is 0 Å². The number of nitrogens with zero attached hydrogens (tertiary/aromatic N) is 1. The number of fused-ring (bicyclic) bond motifs is 1. The van der Waals surface area contributed by atoms with Crippen molar-refractivity contribution in [2.24, 2.45) is 0 Å². The molecule has 2 aromatic rings. The number of hydrogen-bond donors (Lipinski definition) is 3. The third-order valence-electron chi connectivity index (χ3n) is 2.07. The first kappa shape index (κ1) is 9.67. The van der Waals surface area contributed by atoms with E-state index in [1.807, 2.05) is 0 Å². The van der Waals surface area contributed by atoms with E-state index in [9.17, 15) is 10.2 Å². The van der Waals surface area contributed by atoms with E-state index in [-0.39, 0.29) is 24.7 Å². The highest BCUT2D eigenvalue weighted by atomic mass is 16.7. The molecule has 0 saturated heterocycles. The molecule has 0 saturated carbocycles. The van der Waals surface area contributed by atoms with E-state index in [0.29, 0.717) is 5.52 Å². The zero-order valence-corrected chi connectivity index (χ0v) is 7.92. The Labute approximate surface area is 85.7 Å². The number of benzene rings is 1. The third kappa shape index (κ3) is 1.69. The second-order valence-corrected chi connectivity index (χ2v) is 3.10. The van der Waals surface area contributed by atoms with Gasteiger partial charge in [0.1, 0.15) is 6.61 Å². The van der Waals surface area contributed by atoms with Gasteiger partial charge in [-0.1, -0.05) is 0 Å². The molecule has 80 valence electrons. The Morgan fingerprint density at radius 3 is 2.67 bits per heavy atom. The molecule has 0 bridgehead atoms. The fraction of sp³-hybridized carbons (Fsp3) is 0.200. The summed E-state index contributed by atoms with van der Waals surface area (Å²) >= 11 is 0. The van der Waals surface area contributed by atoms with Gasteiger partial charge in [0, 0.05) is 17.6 Å².